The van der Waals surface area contributed by atoms with Gasteiger partial charge in [0.05, 0.1) is 18.3 Å². The minimum Gasteiger partial charge on any atom is -0.283 e. The molecule has 0 fully saturated rings. The minimum absolute atomic E-state index is 0.260. The van der Waals surface area contributed by atoms with Gasteiger partial charge in [0.15, 0.2) is 0 Å². The third-order valence-electron chi connectivity index (χ3n) is 4.26. The van der Waals surface area contributed by atoms with E-state index in [2.05, 4.69) is 0 Å². The molecule has 0 N–H and O–H groups in total. The molecule has 176 valence electrons. The molecule has 0 aromatic heterocycles. The summed E-state index contributed by atoms with van der Waals surface area (Å²) in [6.07, 6.45) is 1.69. The van der Waals surface area contributed by atoms with E-state index in [0.29, 0.717) is 38.5 Å². The smallest absolute Gasteiger partial charge is 0.283 e. The van der Waals surface area contributed by atoms with Gasteiger partial charge in [-0.2, -0.15) is 0 Å². The van der Waals surface area contributed by atoms with E-state index in [1.54, 1.807) is 0 Å². The Bertz CT molecular complexity index is 400. The molecule has 0 aromatic carbocycles. The first-order chi connectivity index (χ1) is 13.7. The molecule has 4 nitrogen and oxygen atoms in total. The van der Waals surface area contributed by atoms with Crippen molar-refractivity contribution in [3.63, 3.8) is 0 Å². The van der Waals surface area contributed by atoms with Crippen LogP contribution in [0, 0.1) is 0 Å². The second-order valence-corrected chi connectivity index (χ2v) is 11.1. The fourth-order valence-corrected chi connectivity index (χ4v) is 5.44. The van der Waals surface area contributed by atoms with Crippen LogP contribution in [-0.2, 0) is 18.1 Å². The normalized spacial score (nSPS) is 20.4. The monoisotopic (exact) mass is 554 g/mol. The van der Waals surface area contributed by atoms with Crippen LogP contribution in [0.1, 0.15) is 59.3 Å². The Morgan fingerprint density at radius 1 is 0.621 bits per heavy atom. The lowest BCUT2D eigenvalue weighted by atomic mass is 10.2. The lowest BCUT2D eigenvalue weighted by molar-refractivity contribution is 0.0224. The summed E-state index contributed by atoms with van der Waals surface area (Å²) in [4.78, 5) is 0. The van der Waals surface area contributed by atoms with E-state index < -0.39 is 26.1 Å². The summed E-state index contributed by atoms with van der Waals surface area (Å²) in [7, 11) is -3.94. The third kappa shape index (κ3) is 13.9. The van der Waals surface area contributed by atoms with Gasteiger partial charge in [0.1, 0.15) is 0 Å². The van der Waals surface area contributed by atoms with Crippen molar-refractivity contribution < 1.29 is 18.1 Å². The topological polar surface area (TPSA) is 44.8 Å². The van der Waals surface area contributed by atoms with Gasteiger partial charge in [-0.05, 0) is 38.5 Å². The van der Waals surface area contributed by atoms with E-state index in [1.165, 1.54) is 0 Å². The second kappa shape index (κ2) is 17.3. The molecule has 0 heterocycles. The first kappa shape index (κ1) is 30.9. The largest absolute Gasteiger partial charge is 0.475 e. The van der Waals surface area contributed by atoms with Crippen molar-refractivity contribution in [3.8, 4) is 0 Å². The number of hydrogen-bond acceptors (Lipinski definition) is 4. The third-order valence-corrected chi connectivity index (χ3v) is 8.52. The van der Waals surface area contributed by atoms with Gasteiger partial charge in [-0.3, -0.25) is 13.6 Å². The summed E-state index contributed by atoms with van der Waals surface area (Å²) in [5.74, 6) is 0.779. The SMILES string of the molecule is CCC(CC(Cl)CCl)OP(=O)(OC(CC)CC(Cl)CCl)OC(CC)CC(Cl)CCl. The fraction of sp³-hybridized carbons (Fsp3) is 1.00. The highest BCUT2D eigenvalue weighted by Crippen LogP contribution is 2.55. The van der Waals surface area contributed by atoms with Gasteiger partial charge in [0.25, 0.3) is 0 Å². The molecule has 0 saturated heterocycles. The second-order valence-electron chi connectivity index (χ2n) is 6.82. The first-order valence-electron chi connectivity index (χ1n) is 9.91. The van der Waals surface area contributed by atoms with Crippen LogP contribution in [0.2, 0.25) is 0 Å². The Balaban J connectivity index is 5.48. The summed E-state index contributed by atoms with van der Waals surface area (Å²) >= 11 is 35.9. The van der Waals surface area contributed by atoms with Crippen molar-refractivity contribution in [3.05, 3.63) is 0 Å². The van der Waals surface area contributed by atoms with Crippen molar-refractivity contribution in [1.29, 1.82) is 0 Å². The number of phosphoric acid groups is 1. The maximum atomic E-state index is 13.6. The molecule has 0 aromatic rings. The standard InChI is InChI=1S/C18H33Cl6O4P/c1-4-16(7-13(22)10-19)26-29(25,27-17(5-2)8-14(23)11-20)28-18(6-3)9-15(24)12-21/h13-18H,4-12H2,1-3H3. The van der Waals surface area contributed by atoms with E-state index in [1.807, 2.05) is 20.8 Å². The molecular weight excluding hydrogens is 524 g/mol. The molecular formula is C18H33Cl6O4P. The molecule has 29 heavy (non-hydrogen) atoms. The van der Waals surface area contributed by atoms with Crippen LogP contribution in [0.3, 0.4) is 0 Å². The van der Waals surface area contributed by atoms with E-state index in [-0.39, 0.29) is 33.8 Å². The Hall–Kier alpha value is 1.85. The molecule has 0 aliphatic carbocycles. The predicted octanol–water partition coefficient (Wildman–Crippen LogP) is 8.19. The van der Waals surface area contributed by atoms with Crippen LogP contribution in [-0.4, -0.2) is 52.1 Å². The Labute approximate surface area is 206 Å². The number of rotatable bonds is 18. The van der Waals surface area contributed by atoms with Gasteiger partial charge in [0, 0.05) is 33.8 Å². The van der Waals surface area contributed by atoms with Crippen LogP contribution in [0.5, 0.6) is 0 Å². The molecule has 0 saturated carbocycles. The highest BCUT2D eigenvalue weighted by Gasteiger charge is 2.37. The van der Waals surface area contributed by atoms with Gasteiger partial charge in [0.2, 0.25) is 0 Å². The van der Waals surface area contributed by atoms with Gasteiger partial charge in [-0.1, -0.05) is 20.8 Å². The molecule has 0 aliphatic rings. The molecule has 0 rings (SSSR count). The summed E-state index contributed by atoms with van der Waals surface area (Å²) in [5.41, 5.74) is 0. The molecule has 0 bridgehead atoms. The van der Waals surface area contributed by atoms with Gasteiger partial charge in [-0.15, -0.1) is 69.6 Å². The molecule has 0 spiro atoms. The quantitative estimate of drug-likeness (QED) is 0.126. The van der Waals surface area contributed by atoms with Gasteiger partial charge < -0.3 is 0 Å². The fourth-order valence-electron chi connectivity index (χ4n) is 2.52. The van der Waals surface area contributed by atoms with Crippen molar-refractivity contribution in [2.75, 3.05) is 17.6 Å². The lowest BCUT2D eigenvalue weighted by Gasteiger charge is -2.30. The number of alkyl halides is 6. The van der Waals surface area contributed by atoms with Crippen LogP contribution < -0.4 is 0 Å². The molecule has 0 amide bonds. The summed E-state index contributed by atoms with van der Waals surface area (Å²) in [6, 6.07) is 0. The van der Waals surface area contributed by atoms with Gasteiger partial charge >= 0.3 is 7.82 Å². The highest BCUT2D eigenvalue weighted by molar-refractivity contribution is 7.48. The maximum absolute atomic E-state index is 13.6. The predicted molar refractivity (Wildman–Crippen MR) is 128 cm³/mol. The van der Waals surface area contributed by atoms with E-state index in [9.17, 15) is 4.57 Å². The van der Waals surface area contributed by atoms with E-state index in [0.717, 1.165) is 0 Å². The highest BCUT2D eigenvalue weighted by atomic mass is 35.5. The minimum atomic E-state index is -3.94. The maximum Gasteiger partial charge on any atom is 0.475 e. The molecule has 11 heteroatoms. The number of halogens is 6. The van der Waals surface area contributed by atoms with Crippen LogP contribution >= 0.6 is 77.4 Å². The Morgan fingerprint density at radius 3 is 1.03 bits per heavy atom. The van der Waals surface area contributed by atoms with E-state index in [4.69, 9.17) is 83.2 Å². The zero-order valence-corrected chi connectivity index (χ0v) is 22.6. The van der Waals surface area contributed by atoms with Crippen molar-refractivity contribution >= 4 is 77.4 Å². The molecule has 6 atom stereocenters. The van der Waals surface area contributed by atoms with Gasteiger partial charge in [-0.25, -0.2) is 4.57 Å². The van der Waals surface area contributed by atoms with Crippen molar-refractivity contribution in [2.24, 2.45) is 0 Å². The first-order valence-corrected chi connectivity index (χ1v) is 14.3. The Kier molecular flexibility index (Phi) is 18.4. The lowest BCUT2D eigenvalue weighted by Crippen LogP contribution is -2.25. The number of hydrogen-bond donors (Lipinski definition) is 0. The molecule has 0 radical (unpaired) electrons. The zero-order valence-electron chi connectivity index (χ0n) is 17.2. The van der Waals surface area contributed by atoms with Crippen LogP contribution in [0.4, 0.5) is 0 Å². The van der Waals surface area contributed by atoms with Crippen LogP contribution in [0.25, 0.3) is 0 Å². The summed E-state index contributed by atoms with van der Waals surface area (Å²) in [5, 5.41) is -0.942. The Morgan fingerprint density at radius 2 is 0.862 bits per heavy atom. The van der Waals surface area contributed by atoms with Crippen LogP contribution in [0.15, 0.2) is 0 Å². The van der Waals surface area contributed by atoms with E-state index >= 15 is 0 Å². The average Bonchev–Trinajstić information content (AvgIpc) is 2.71. The zero-order chi connectivity index (χ0) is 22.4. The average molecular weight is 557 g/mol. The summed E-state index contributed by atoms with van der Waals surface area (Å²) in [6.45, 7) is 5.73. The molecule has 0 aliphatic heterocycles. The number of phosphoric ester groups is 1. The van der Waals surface area contributed by atoms with Crippen molar-refractivity contribution in [2.45, 2.75) is 93.7 Å². The summed E-state index contributed by atoms with van der Waals surface area (Å²) < 4.78 is 31.2. The molecule has 6 unspecified atom stereocenters. The van der Waals surface area contributed by atoms with Crippen molar-refractivity contribution in [1.82, 2.24) is 0 Å².